The van der Waals surface area contributed by atoms with Crippen molar-refractivity contribution in [3.63, 3.8) is 0 Å². The first-order valence-electron chi connectivity index (χ1n) is 10.6. The number of carbonyl (C=O) groups is 1. The van der Waals surface area contributed by atoms with Gasteiger partial charge in [-0.1, -0.05) is 24.3 Å². The van der Waals surface area contributed by atoms with Crippen molar-refractivity contribution in [1.29, 1.82) is 0 Å². The number of aromatic nitrogens is 1. The van der Waals surface area contributed by atoms with E-state index in [1.165, 1.54) is 12.1 Å². The second-order valence-electron chi connectivity index (χ2n) is 7.94. The van der Waals surface area contributed by atoms with E-state index < -0.39 is 17.7 Å². The van der Waals surface area contributed by atoms with E-state index in [0.717, 1.165) is 41.5 Å². The van der Waals surface area contributed by atoms with Gasteiger partial charge in [0.25, 0.3) is 0 Å². The van der Waals surface area contributed by atoms with Crippen molar-refractivity contribution in [2.45, 2.75) is 32.2 Å². The van der Waals surface area contributed by atoms with Crippen molar-refractivity contribution >= 4 is 5.97 Å². The van der Waals surface area contributed by atoms with Crippen molar-refractivity contribution in [2.75, 3.05) is 13.1 Å². The number of pyridine rings is 1. The summed E-state index contributed by atoms with van der Waals surface area (Å²) in [5, 5.41) is 8.86. The number of aliphatic carboxylic acids is 1. The monoisotopic (exact) mass is 456 g/mol. The van der Waals surface area contributed by atoms with Crippen molar-refractivity contribution in [2.24, 2.45) is 0 Å². The van der Waals surface area contributed by atoms with Crippen LogP contribution < -0.4 is 4.74 Å². The summed E-state index contributed by atoms with van der Waals surface area (Å²) in [6, 6.07) is 16.4. The Labute approximate surface area is 189 Å². The third kappa shape index (κ3) is 5.70. The van der Waals surface area contributed by atoms with Gasteiger partial charge in [0, 0.05) is 42.9 Å². The van der Waals surface area contributed by atoms with Crippen LogP contribution >= 0.6 is 0 Å². The molecule has 0 saturated carbocycles. The summed E-state index contributed by atoms with van der Waals surface area (Å²) in [5.41, 5.74) is 3.18. The minimum Gasteiger partial charge on any atom is -0.489 e. The molecule has 0 unspecified atom stereocenters. The molecule has 2 aromatic carbocycles. The van der Waals surface area contributed by atoms with Gasteiger partial charge in [0.1, 0.15) is 12.4 Å². The number of rotatable bonds is 7. The highest BCUT2D eigenvalue weighted by Gasteiger charge is 2.33. The Balaban J connectivity index is 1.41. The Bertz CT molecular complexity index is 1130. The topological polar surface area (TPSA) is 62.7 Å². The molecule has 5 nitrogen and oxygen atoms in total. The second-order valence-corrected chi connectivity index (χ2v) is 7.94. The van der Waals surface area contributed by atoms with Gasteiger partial charge in [-0.3, -0.25) is 14.7 Å². The van der Waals surface area contributed by atoms with Gasteiger partial charge in [-0.2, -0.15) is 13.2 Å². The molecule has 1 aromatic heterocycles. The Morgan fingerprint density at radius 1 is 1.06 bits per heavy atom. The largest absolute Gasteiger partial charge is 0.489 e. The fourth-order valence-electron chi connectivity index (χ4n) is 3.89. The lowest BCUT2D eigenvalue weighted by Gasteiger charge is -2.27. The fraction of sp³-hybridized carbons (Fsp3) is 0.280. The van der Waals surface area contributed by atoms with Crippen LogP contribution in [-0.2, 0) is 30.5 Å². The Morgan fingerprint density at radius 3 is 2.55 bits per heavy atom. The summed E-state index contributed by atoms with van der Waals surface area (Å²) in [7, 11) is 0. The molecule has 1 aliphatic heterocycles. The smallest absolute Gasteiger partial charge is 0.416 e. The standard InChI is InChI=1S/C25H23F3N2O3/c26-25(27,28)21-4-2-1-3-19(21)16-33-20-8-5-17(6-9-20)22-10-7-18-15-30(14-12-24(31)32)13-11-23(18)29-22/h1-10H,11-16H2,(H,31,32). The average molecular weight is 456 g/mol. The van der Waals surface area contributed by atoms with Gasteiger partial charge in [0.2, 0.25) is 0 Å². The van der Waals surface area contributed by atoms with Crippen LogP contribution in [0.2, 0.25) is 0 Å². The number of benzene rings is 2. The summed E-state index contributed by atoms with van der Waals surface area (Å²) in [4.78, 5) is 17.7. The van der Waals surface area contributed by atoms with E-state index in [1.807, 2.05) is 24.3 Å². The fourth-order valence-corrected chi connectivity index (χ4v) is 3.89. The molecule has 3 aromatic rings. The first-order valence-corrected chi connectivity index (χ1v) is 10.6. The van der Waals surface area contributed by atoms with Crippen LogP contribution in [-0.4, -0.2) is 34.0 Å². The third-order valence-electron chi connectivity index (χ3n) is 5.64. The first kappa shape index (κ1) is 22.8. The van der Waals surface area contributed by atoms with Gasteiger partial charge in [0.05, 0.1) is 17.7 Å². The molecule has 0 radical (unpaired) electrons. The summed E-state index contributed by atoms with van der Waals surface area (Å²) >= 11 is 0. The molecule has 0 bridgehead atoms. The molecule has 4 rings (SSSR count). The minimum absolute atomic E-state index is 0.0860. The second kappa shape index (κ2) is 9.62. The molecular weight excluding hydrogens is 433 g/mol. The van der Waals surface area contributed by atoms with Crippen LogP contribution in [0, 0.1) is 0 Å². The number of nitrogens with zero attached hydrogens (tertiary/aromatic N) is 2. The van der Waals surface area contributed by atoms with Crippen LogP contribution in [0.4, 0.5) is 13.2 Å². The molecule has 2 heterocycles. The number of hydrogen-bond acceptors (Lipinski definition) is 4. The number of fused-ring (bicyclic) bond motifs is 1. The average Bonchev–Trinajstić information content (AvgIpc) is 2.81. The molecule has 0 aliphatic carbocycles. The molecule has 1 aliphatic rings. The lowest BCUT2D eigenvalue weighted by atomic mass is 10.0. The number of carboxylic acids is 1. The zero-order valence-electron chi connectivity index (χ0n) is 17.8. The first-order chi connectivity index (χ1) is 15.8. The number of hydrogen-bond donors (Lipinski definition) is 1. The zero-order chi connectivity index (χ0) is 23.4. The predicted molar refractivity (Wildman–Crippen MR) is 117 cm³/mol. The summed E-state index contributed by atoms with van der Waals surface area (Å²) < 4.78 is 45.0. The van der Waals surface area contributed by atoms with E-state index in [9.17, 15) is 18.0 Å². The Kier molecular flexibility index (Phi) is 6.65. The summed E-state index contributed by atoms with van der Waals surface area (Å²) in [5.74, 6) is -0.325. The minimum atomic E-state index is -4.42. The lowest BCUT2D eigenvalue weighted by Crippen LogP contribution is -2.32. The van der Waals surface area contributed by atoms with Gasteiger partial charge in [0.15, 0.2) is 0 Å². The highest BCUT2D eigenvalue weighted by Crippen LogP contribution is 2.32. The van der Waals surface area contributed by atoms with Crippen molar-refractivity contribution in [3.05, 3.63) is 83.0 Å². The molecule has 0 fully saturated rings. The van der Waals surface area contributed by atoms with E-state index in [2.05, 4.69) is 4.90 Å². The quantitative estimate of drug-likeness (QED) is 0.531. The molecule has 0 spiro atoms. The van der Waals surface area contributed by atoms with Crippen molar-refractivity contribution in [1.82, 2.24) is 9.88 Å². The zero-order valence-corrected chi connectivity index (χ0v) is 17.8. The normalized spacial score (nSPS) is 14.0. The summed E-state index contributed by atoms with van der Waals surface area (Å²) in [6.45, 7) is 1.79. The molecule has 1 N–H and O–H groups in total. The maximum Gasteiger partial charge on any atom is 0.416 e. The Morgan fingerprint density at radius 2 is 1.82 bits per heavy atom. The number of ether oxygens (including phenoxy) is 1. The SMILES string of the molecule is O=C(O)CCN1CCc2nc(-c3ccc(OCc4ccccc4C(F)(F)F)cc3)ccc2C1. The Hall–Kier alpha value is -3.39. The van der Waals surface area contributed by atoms with E-state index in [4.69, 9.17) is 14.8 Å². The molecule has 172 valence electrons. The number of halogens is 3. The summed E-state index contributed by atoms with van der Waals surface area (Å²) in [6.07, 6.45) is -3.55. The molecule has 0 amide bonds. The maximum absolute atomic E-state index is 13.1. The number of carboxylic acid groups (broad SMARTS) is 1. The van der Waals surface area contributed by atoms with E-state index in [1.54, 1.807) is 18.2 Å². The van der Waals surface area contributed by atoms with E-state index >= 15 is 0 Å². The third-order valence-corrected chi connectivity index (χ3v) is 5.64. The molecule has 8 heteroatoms. The van der Waals surface area contributed by atoms with Crippen LogP contribution in [0.3, 0.4) is 0 Å². The molecule has 33 heavy (non-hydrogen) atoms. The van der Waals surface area contributed by atoms with Gasteiger partial charge in [-0.15, -0.1) is 0 Å². The lowest BCUT2D eigenvalue weighted by molar-refractivity contribution is -0.139. The van der Waals surface area contributed by atoms with Crippen molar-refractivity contribution < 1.29 is 27.8 Å². The van der Waals surface area contributed by atoms with E-state index in [-0.39, 0.29) is 18.6 Å². The van der Waals surface area contributed by atoms with Crippen LogP contribution in [0.5, 0.6) is 5.75 Å². The molecule has 0 atom stereocenters. The molecule has 0 saturated heterocycles. The van der Waals surface area contributed by atoms with Crippen LogP contribution in [0.1, 0.15) is 28.8 Å². The highest BCUT2D eigenvalue weighted by atomic mass is 19.4. The van der Waals surface area contributed by atoms with Crippen LogP contribution in [0.25, 0.3) is 11.3 Å². The van der Waals surface area contributed by atoms with Crippen LogP contribution in [0.15, 0.2) is 60.7 Å². The van der Waals surface area contributed by atoms with Gasteiger partial charge in [-0.05, 0) is 42.0 Å². The van der Waals surface area contributed by atoms with Gasteiger partial charge < -0.3 is 9.84 Å². The predicted octanol–water partition coefficient (Wildman–Crippen LogP) is 5.18. The maximum atomic E-state index is 13.1. The van der Waals surface area contributed by atoms with Gasteiger partial charge >= 0.3 is 12.1 Å². The highest BCUT2D eigenvalue weighted by molar-refractivity contribution is 5.66. The molecular formula is C25H23F3N2O3. The van der Waals surface area contributed by atoms with E-state index in [0.29, 0.717) is 18.8 Å². The number of alkyl halides is 3. The van der Waals surface area contributed by atoms with Gasteiger partial charge in [-0.25, -0.2) is 0 Å². The van der Waals surface area contributed by atoms with Crippen molar-refractivity contribution in [3.8, 4) is 17.0 Å².